The van der Waals surface area contributed by atoms with E-state index >= 15 is 0 Å². The molecule has 0 radical (unpaired) electrons. The number of pyridine rings is 1. The van der Waals surface area contributed by atoms with Crippen molar-refractivity contribution in [3.05, 3.63) is 30.1 Å². The van der Waals surface area contributed by atoms with Crippen molar-refractivity contribution >= 4 is 12.0 Å². The lowest BCUT2D eigenvalue weighted by Gasteiger charge is -2.36. The first-order valence-corrected chi connectivity index (χ1v) is 9.53. The van der Waals surface area contributed by atoms with E-state index < -0.39 is 5.60 Å². The molecule has 6 nitrogen and oxygen atoms in total. The van der Waals surface area contributed by atoms with E-state index in [0.717, 1.165) is 37.8 Å². The Kier molecular flexibility index (Phi) is 5.49. The molecule has 0 aliphatic carbocycles. The van der Waals surface area contributed by atoms with Crippen LogP contribution in [0.1, 0.15) is 58.1 Å². The van der Waals surface area contributed by atoms with Crippen LogP contribution in [0.5, 0.6) is 0 Å². The minimum absolute atomic E-state index is 0.127. The molecule has 0 saturated carbocycles. The molecular weight excluding hydrogens is 330 g/mol. The molecule has 2 aliphatic heterocycles. The summed E-state index contributed by atoms with van der Waals surface area (Å²) in [5.74, 6) is 0.0243. The normalized spacial score (nSPS) is 23.8. The Morgan fingerprint density at radius 1 is 1.12 bits per heavy atom. The second-order valence-electron chi connectivity index (χ2n) is 8.24. The van der Waals surface area contributed by atoms with Gasteiger partial charge in [0.15, 0.2) is 0 Å². The third-order valence-corrected chi connectivity index (χ3v) is 5.05. The molecule has 142 valence electrons. The van der Waals surface area contributed by atoms with Crippen LogP contribution in [0.3, 0.4) is 0 Å². The first-order valence-electron chi connectivity index (χ1n) is 9.53. The van der Waals surface area contributed by atoms with Crippen LogP contribution >= 0.6 is 0 Å². The number of amides is 2. The molecule has 2 amide bonds. The number of likely N-dealkylation sites (tertiary alicyclic amines) is 2. The summed E-state index contributed by atoms with van der Waals surface area (Å²) in [4.78, 5) is 33.3. The standard InChI is InChI=1S/C20H29N3O3/c1-20(2,3)26-19(25)22-12-4-6-16(14-22)18(24)23-13-5-7-17(23)15-8-10-21-11-9-15/h8-11,16-17H,4-7,12-14H2,1-3H3. The molecule has 6 heteroatoms. The minimum Gasteiger partial charge on any atom is -0.444 e. The Morgan fingerprint density at radius 2 is 1.81 bits per heavy atom. The maximum absolute atomic E-state index is 13.2. The number of hydrogen-bond donors (Lipinski definition) is 0. The van der Waals surface area contributed by atoms with Gasteiger partial charge in [0.1, 0.15) is 5.60 Å². The highest BCUT2D eigenvalue weighted by atomic mass is 16.6. The maximum atomic E-state index is 13.2. The van der Waals surface area contributed by atoms with Crippen molar-refractivity contribution in [3.63, 3.8) is 0 Å². The van der Waals surface area contributed by atoms with E-state index in [-0.39, 0.29) is 24.0 Å². The van der Waals surface area contributed by atoms with Gasteiger partial charge in [0.25, 0.3) is 0 Å². The zero-order valence-electron chi connectivity index (χ0n) is 16.0. The first-order chi connectivity index (χ1) is 12.3. The van der Waals surface area contributed by atoms with E-state index in [2.05, 4.69) is 4.98 Å². The van der Waals surface area contributed by atoms with E-state index in [1.54, 1.807) is 17.3 Å². The molecule has 0 N–H and O–H groups in total. The van der Waals surface area contributed by atoms with Crippen LogP contribution in [0.25, 0.3) is 0 Å². The van der Waals surface area contributed by atoms with Gasteiger partial charge in [-0.25, -0.2) is 4.79 Å². The highest BCUT2D eigenvalue weighted by molar-refractivity contribution is 5.81. The number of carbonyl (C=O) groups is 2. The molecule has 3 rings (SSSR count). The van der Waals surface area contributed by atoms with Gasteiger partial charge < -0.3 is 14.5 Å². The number of ether oxygens (including phenoxy) is 1. The Bertz CT molecular complexity index is 641. The average Bonchev–Trinajstić information content (AvgIpc) is 3.10. The Balaban J connectivity index is 1.66. The molecule has 2 atom stereocenters. The summed E-state index contributed by atoms with van der Waals surface area (Å²) in [6, 6.07) is 4.11. The van der Waals surface area contributed by atoms with Crippen molar-refractivity contribution in [2.45, 2.75) is 58.1 Å². The van der Waals surface area contributed by atoms with Gasteiger partial charge in [0.05, 0.1) is 12.0 Å². The summed E-state index contributed by atoms with van der Waals surface area (Å²) < 4.78 is 5.48. The zero-order valence-corrected chi connectivity index (χ0v) is 16.0. The van der Waals surface area contributed by atoms with Crippen LogP contribution in [-0.4, -0.2) is 52.0 Å². The van der Waals surface area contributed by atoms with Crippen LogP contribution in [0, 0.1) is 5.92 Å². The Labute approximate surface area is 155 Å². The summed E-state index contributed by atoms with van der Waals surface area (Å²) in [6.07, 6.45) is 6.91. The van der Waals surface area contributed by atoms with E-state index in [0.29, 0.717) is 13.1 Å². The van der Waals surface area contributed by atoms with Gasteiger partial charge in [-0.3, -0.25) is 9.78 Å². The van der Waals surface area contributed by atoms with Crippen LogP contribution < -0.4 is 0 Å². The van der Waals surface area contributed by atoms with Gasteiger partial charge in [-0.15, -0.1) is 0 Å². The molecule has 0 aromatic carbocycles. The van der Waals surface area contributed by atoms with E-state index in [9.17, 15) is 9.59 Å². The largest absolute Gasteiger partial charge is 0.444 e. The van der Waals surface area contributed by atoms with Gasteiger partial charge in [-0.05, 0) is 64.2 Å². The average molecular weight is 359 g/mol. The van der Waals surface area contributed by atoms with Gasteiger partial charge in [-0.1, -0.05) is 0 Å². The summed E-state index contributed by atoms with van der Waals surface area (Å²) >= 11 is 0. The molecule has 2 unspecified atom stereocenters. The predicted octanol–water partition coefficient (Wildman–Crippen LogP) is 3.39. The molecule has 2 aliphatic rings. The van der Waals surface area contributed by atoms with Gasteiger partial charge in [-0.2, -0.15) is 0 Å². The van der Waals surface area contributed by atoms with E-state index in [1.165, 1.54) is 0 Å². The van der Waals surface area contributed by atoms with Crippen molar-refractivity contribution in [2.75, 3.05) is 19.6 Å². The summed E-state index contributed by atoms with van der Waals surface area (Å²) in [6.45, 7) is 7.48. The molecular formula is C20H29N3O3. The molecule has 1 aromatic heterocycles. The van der Waals surface area contributed by atoms with Crippen molar-refractivity contribution in [3.8, 4) is 0 Å². The smallest absolute Gasteiger partial charge is 0.410 e. The van der Waals surface area contributed by atoms with Crippen LogP contribution in [-0.2, 0) is 9.53 Å². The van der Waals surface area contributed by atoms with Crippen LogP contribution in [0.15, 0.2) is 24.5 Å². The highest BCUT2D eigenvalue weighted by Gasteiger charge is 2.37. The molecule has 2 saturated heterocycles. The highest BCUT2D eigenvalue weighted by Crippen LogP contribution is 2.34. The van der Waals surface area contributed by atoms with Gasteiger partial charge in [0, 0.05) is 32.0 Å². The van der Waals surface area contributed by atoms with E-state index in [4.69, 9.17) is 4.74 Å². The number of hydrogen-bond acceptors (Lipinski definition) is 4. The summed E-state index contributed by atoms with van der Waals surface area (Å²) in [5.41, 5.74) is 0.626. The predicted molar refractivity (Wildman–Crippen MR) is 98.5 cm³/mol. The molecule has 26 heavy (non-hydrogen) atoms. The number of piperidine rings is 1. The lowest BCUT2D eigenvalue weighted by molar-refractivity contribution is -0.138. The number of carbonyl (C=O) groups excluding carboxylic acids is 2. The summed E-state index contributed by atoms with van der Waals surface area (Å²) in [5, 5.41) is 0. The maximum Gasteiger partial charge on any atom is 0.410 e. The fraction of sp³-hybridized carbons (Fsp3) is 0.650. The minimum atomic E-state index is -0.518. The lowest BCUT2D eigenvalue weighted by atomic mass is 9.95. The molecule has 0 spiro atoms. The fourth-order valence-corrected chi connectivity index (χ4v) is 3.87. The van der Waals surface area contributed by atoms with Crippen LogP contribution in [0.4, 0.5) is 4.79 Å². The SMILES string of the molecule is CC(C)(C)OC(=O)N1CCCC(C(=O)N2CCCC2c2ccncc2)C1. The quantitative estimate of drug-likeness (QED) is 0.812. The monoisotopic (exact) mass is 359 g/mol. The topological polar surface area (TPSA) is 62.7 Å². The van der Waals surface area contributed by atoms with Crippen molar-refractivity contribution in [2.24, 2.45) is 5.92 Å². The second-order valence-corrected chi connectivity index (χ2v) is 8.24. The summed E-state index contributed by atoms with van der Waals surface area (Å²) in [7, 11) is 0. The number of rotatable bonds is 2. The first kappa shape index (κ1) is 18.7. The molecule has 1 aromatic rings. The Morgan fingerprint density at radius 3 is 2.50 bits per heavy atom. The molecule has 0 bridgehead atoms. The fourth-order valence-electron chi connectivity index (χ4n) is 3.87. The number of nitrogens with zero attached hydrogens (tertiary/aromatic N) is 3. The Hall–Kier alpha value is -2.11. The molecule has 3 heterocycles. The third kappa shape index (κ3) is 4.34. The second kappa shape index (κ2) is 7.64. The van der Waals surface area contributed by atoms with Crippen molar-refractivity contribution in [1.29, 1.82) is 0 Å². The van der Waals surface area contributed by atoms with Gasteiger partial charge >= 0.3 is 6.09 Å². The third-order valence-electron chi connectivity index (χ3n) is 5.05. The number of aromatic nitrogens is 1. The van der Waals surface area contributed by atoms with Crippen molar-refractivity contribution < 1.29 is 14.3 Å². The lowest BCUT2D eigenvalue weighted by Crippen LogP contribution is -2.47. The van der Waals surface area contributed by atoms with Crippen molar-refractivity contribution in [1.82, 2.24) is 14.8 Å². The van der Waals surface area contributed by atoms with Crippen LogP contribution in [0.2, 0.25) is 0 Å². The van der Waals surface area contributed by atoms with E-state index in [1.807, 2.05) is 37.8 Å². The zero-order chi connectivity index (χ0) is 18.7. The van der Waals surface area contributed by atoms with Gasteiger partial charge in [0.2, 0.25) is 5.91 Å². The molecule has 2 fully saturated rings.